The fourth-order valence-electron chi connectivity index (χ4n) is 1.54. The molecule has 0 fully saturated rings. The molecule has 0 amide bonds. The molecule has 2 aromatic rings. The number of aryl methyl sites for hydroxylation is 1. The van der Waals surface area contributed by atoms with Crippen LogP contribution in [0.5, 0.6) is 11.6 Å². The summed E-state index contributed by atoms with van der Waals surface area (Å²) in [4.78, 5) is 8.40. The van der Waals surface area contributed by atoms with Gasteiger partial charge in [0.25, 0.3) is 0 Å². The number of anilines is 1. The number of ether oxygens (including phenoxy) is 1. The van der Waals surface area contributed by atoms with E-state index in [0.29, 0.717) is 22.5 Å². The van der Waals surface area contributed by atoms with E-state index in [0.717, 1.165) is 18.5 Å². The van der Waals surface area contributed by atoms with E-state index in [9.17, 15) is 0 Å². The third-order valence-electron chi connectivity index (χ3n) is 2.47. The molecule has 0 radical (unpaired) electrons. The molecule has 5 heteroatoms. The van der Waals surface area contributed by atoms with E-state index in [1.54, 1.807) is 12.4 Å². The van der Waals surface area contributed by atoms with Gasteiger partial charge >= 0.3 is 0 Å². The van der Waals surface area contributed by atoms with Crippen molar-refractivity contribution in [1.29, 1.82) is 0 Å². The van der Waals surface area contributed by atoms with Crippen LogP contribution < -0.4 is 10.1 Å². The summed E-state index contributed by atoms with van der Waals surface area (Å²) >= 11 is 6.11. The van der Waals surface area contributed by atoms with Crippen LogP contribution in [0.2, 0.25) is 5.02 Å². The van der Waals surface area contributed by atoms with Crippen LogP contribution in [0, 0.1) is 6.92 Å². The molecule has 1 heterocycles. The predicted molar refractivity (Wildman–Crippen MR) is 77.1 cm³/mol. The van der Waals surface area contributed by atoms with Gasteiger partial charge in [-0.1, -0.05) is 24.6 Å². The van der Waals surface area contributed by atoms with Crippen molar-refractivity contribution in [2.24, 2.45) is 0 Å². The highest BCUT2D eigenvalue weighted by atomic mass is 35.5. The van der Waals surface area contributed by atoms with Crippen molar-refractivity contribution in [3.8, 4) is 11.6 Å². The Kier molecular flexibility index (Phi) is 4.58. The lowest BCUT2D eigenvalue weighted by Gasteiger charge is -2.08. The second kappa shape index (κ2) is 6.38. The number of nitrogens with one attached hydrogen (secondary N) is 1. The molecule has 100 valence electrons. The highest BCUT2D eigenvalue weighted by Crippen LogP contribution is 2.29. The summed E-state index contributed by atoms with van der Waals surface area (Å²) in [5.41, 5.74) is 1.08. The maximum Gasteiger partial charge on any atom is 0.239 e. The molecule has 1 aromatic heterocycles. The van der Waals surface area contributed by atoms with Gasteiger partial charge in [-0.2, -0.15) is 4.98 Å². The molecule has 0 saturated carbocycles. The first-order valence-electron chi connectivity index (χ1n) is 6.19. The van der Waals surface area contributed by atoms with Gasteiger partial charge in [-0.25, -0.2) is 0 Å². The lowest BCUT2D eigenvalue weighted by atomic mass is 10.2. The van der Waals surface area contributed by atoms with Crippen molar-refractivity contribution >= 4 is 17.4 Å². The van der Waals surface area contributed by atoms with Crippen LogP contribution in [0.3, 0.4) is 0 Å². The zero-order valence-corrected chi connectivity index (χ0v) is 11.7. The monoisotopic (exact) mass is 277 g/mol. The van der Waals surface area contributed by atoms with Crippen LogP contribution in [-0.2, 0) is 0 Å². The lowest BCUT2D eigenvalue weighted by molar-refractivity contribution is 0.461. The summed E-state index contributed by atoms with van der Waals surface area (Å²) in [5.74, 6) is 1.70. The Balaban J connectivity index is 2.14. The van der Waals surface area contributed by atoms with Crippen LogP contribution in [0.1, 0.15) is 18.9 Å². The van der Waals surface area contributed by atoms with E-state index < -0.39 is 0 Å². The van der Waals surface area contributed by atoms with Gasteiger partial charge in [-0.3, -0.25) is 4.98 Å². The molecular weight excluding hydrogens is 262 g/mol. The van der Waals surface area contributed by atoms with Crippen LogP contribution >= 0.6 is 11.6 Å². The molecule has 0 spiro atoms. The van der Waals surface area contributed by atoms with E-state index in [1.165, 1.54) is 0 Å². The number of hydrogen-bond donors (Lipinski definition) is 1. The molecule has 1 aromatic carbocycles. The van der Waals surface area contributed by atoms with Crippen molar-refractivity contribution in [2.75, 3.05) is 11.9 Å². The van der Waals surface area contributed by atoms with Crippen molar-refractivity contribution in [1.82, 2.24) is 9.97 Å². The average molecular weight is 278 g/mol. The summed E-state index contributed by atoms with van der Waals surface area (Å²) in [6.07, 6.45) is 4.25. The maximum atomic E-state index is 6.11. The number of nitrogens with zero attached hydrogens (tertiary/aromatic N) is 2. The molecule has 0 aliphatic rings. The van der Waals surface area contributed by atoms with Crippen LogP contribution in [0.15, 0.2) is 30.6 Å². The molecule has 1 N–H and O–H groups in total. The van der Waals surface area contributed by atoms with Crippen LogP contribution in [0.4, 0.5) is 5.82 Å². The predicted octanol–water partition coefficient (Wildman–Crippen LogP) is 4.05. The van der Waals surface area contributed by atoms with E-state index >= 15 is 0 Å². The van der Waals surface area contributed by atoms with Crippen molar-refractivity contribution < 1.29 is 4.74 Å². The summed E-state index contributed by atoms with van der Waals surface area (Å²) in [6.45, 7) is 4.92. The summed E-state index contributed by atoms with van der Waals surface area (Å²) in [5, 5.41) is 3.72. The minimum Gasteiger partial charge on any atom is -0.436 e. The van der Waals surface area contributed by atoms with E-state index in [-0.39, 0.29) is 0 Å². The Bertz CT molecular complexity index is 560. The van der Waals surface area contributed by atoms with E-state index in [4.69, 9.17) is 16.3 Å². The van der Waals surface area contributed by atoms with Crippen molar-refractivity contribution in [3.63, 3.8) is 0 Å². The maximum absolute atomic E-state index is 6.11. The topological polar surface area (TPSA) is 47.0 Å². The third kappa shape index (κ3) is 3.83. The first kappa shape index (κ1) is 13.6. The summed E-state index contributed by atoms with van der Waals surface area (Å²) in [7, 11) is 0. The Morgan fingerprint density at radius 2 is 2.16 bits per heavy atom. The smallest absolute Gasteiger partial charge is 0.239 e. The van der Waals surface area contributed by atoms with Crippen LogP contribution in [-0.4, -0.2) is 16.5 Å². The molecular formula is C14H16ClN3O. The number of halogens is 1. The molecule has 4 nitrogen and oxygen atoms in total. The largest absolute Gasteiger partial charge is 0.436 e. The molecule has 0 unspecified atom stereocenters. The van der Waals surface area contributed by atoms with Gasteiger partial charge in [-0.05, 0) is 31.0 Å². The molecule has 0 atom stereocenters. The van der Waals surface area contributed by atoms with Gasteiger partial charge in [0.05, 0.1) is 17.4 Å². The number of hydrogen-bond acceptors (Lipinski definition) is 4. The summed E-state index contributed by atoms with van der Waals surface area (Å²) < 4.78 is 5.64. The highest BCUT2D eigenvalue weighted by Gasteiger charge is 2.05. The highest BCUT2D eigenvalue weighted by molar-refractivity contribution is 6.32. The zero-order chi connectivity index (χ0) is 13.7. The van der Waals surface area contributed by atoms with E-state index in [2.05, 4.69) is 22.2 Å². The minimum absolute atomic E-state index is 0.423. The first-order valence-corrected chi connectivity index (χ1v) is 6.56. The Morgan fingerprint density at radius 3 is 2.89 bits per heavy atom. The SMILES string of the molecule is CCCNc1cncc(Oc2ccc(C)cc2Cl)n1. The van der Waals surface area contributed by atoms with Crippen LogP contribution in [0.25, 0.3) is 0 Å². The molecule has 0 aliphatic carbocycles. The molecule has 0 saturated heterocycles. The van der Waals surface area contributed by atoms with Gasteiger partial charge in [-0.15, -0.1) is 0 Å². The third-order valence-corrected chi connectivity index (χ3v) is 2.77. The number of rotatable bonds is 5. The molecule has 0 aliphatic heterocycles. The minimum atomic E-state index is 0.423. The quantitative estimate of drug-likeness (QED) is 0.895. The molecule has 19 heavy (non-hydrogen) atoms. The van der Waals surface area contributed by atoms with Gasteiger partial charge in [0, 0.05) is 6.54 Å². The Hall–Kier alpha value is -1.81. The van der Waals surface area contributed by atoms with Gasteiger partial charge in [0.2, 0.25) is 5.88 Å². The average Bonchev–Trinajstić information content (AvgIpc) is 2.40. The standard InChI is InChI=1S/C14H16ClN3O/c1-3-6-17-13-8-16-9-14(18-13)19-12-5-4-10(2)7-11(12)15/h4-5,7-9H,3,6H2,1-2H3,(H,17,18). The molecule has 0 bridgehead atoms. The van der Waals surface area contributed by atoms with Gasteiger partial charge < -0.3 is 10.1 Å². The Labute approximate surface area is 117 Å². The molecule has 2 rings (SSSR count). The van der Waals surface area contributed by atoms with Crippen molar-refractivity contribution in [3.05, 3.63) is 41.2 Å². The fourth-order valence-corrected chi connectivity index (χ4v) is 1.81. The van der Waals surface area contributed by atoms with E-state index in [1.807, 2.05) is 25.1 Å². The first-order chi connectivity index (χ1) is 9.19. The second-order valence-corrected chi connectivity index (χ2v) is 4.61. The Morgan fingerprint density at radius 1 is 1.32 bits per heavy atom. The summed E-state index contributed by atoms with van der Waals surface area (Å²) in [6, 6.07) is 5.61. The van der Waals surface area contributed by atoms with Gasteiger partial charge in [0.1, 0.15) is 11.6 Å². The fraction of sp³-hybridized carbons (Fsp3) is 0.286. The normalized spacial score (nSPS) is 10.3. The lowest BCUT2D eigenvalue weighted by Crippen LogP contribution is -2.03. The number of benzene rings is 1. The van der Waals surface area contributed by atoms with Gasteiger partial charge in [0.15, 0.2) is 0 Å². The second-order valence-electron chi connectivity index (χ2n) is 4.21. The zero-order valence-electron chi connectivity index (χ0n) is 11.0. The van der Waals surface area contributed by atoms with Crippen molar-refractivity contribution in [2.45, 2.75) is 20.3 Å². The number of aromatic nitrogens is 2.